The lowest BCUT2D eigenvalue weighted by Gasteiger charge is -2.24. The lowest BCUT2D eigenvalue weighted by Crippen LogP contribution is -2.35. The molecule has 0 spiro atoms. The van der Waals surface area contributed by atoms with Gasteiger partial charge in [-0.25, -0.2) is 0 Å². The second kappa shape index (κ2) is 5.85. The Balaban J connectivity index is 1.69. The van der Waals surface area contributed by atoms with Gasteiger partial charge in [0.05, 0.1) is 0 Å². The van der Waals surface area contributed by atoms with E-state index in [1.165, 1.54) is 12.0 Å². The van der Waals surface area contributed by atoms with Crippen LogP contribution in [0.4, 0.5) is 0 Å². The van der Waals surface area contributed by atoms with Gasteiger partial charge in [-0.3, -0.25) is 4.79 Å². The highest BCUT2D eigenvalue weighted by molar-refractivity contribution is 5.79. The van der Waals surface area contributed by atoms with Crippen LogP contribution < -0.4 is 5.32 Å². The molecule has 1 aliphatic carbocycles. The predicted molar refractivity (Wildman–Crippen MR) is 69.8 cm³/mol. The maximum Gasteiger partial charge on any atom is 0.223 e. The Hall–Kier alpha value is -1.31. The molecule has 1 unspecified atom stereocenters. The summed E-state index contributed by atoms with van der Waals surface area (Å²) in [6.07, 6.45) is 4.40. The molecule has 2 rings (SSSR count). The number of nitrogens with one attached hydrogen (secondary N) is 1. The van der Waals surface area contributed by atoms with E-state index in [0.29, 0.717) is 11.8 Å². The van der Waals surface area contributed by atoms with Crippen molar-refractivity contribution in [3.8, 4) is 0 Å². The molecule has 0 bridgehead atoms. The normalized spacial score (nSPS) is 17.2. The molecule has 0 heterocycles. The molecule has 1 N–H and O–H groups in total. The molecule has 1 atom stereocenters. The zero-order valence-electron chi connectivity index (χ0n) is 10.5. The number of hydrogen-bond donors (Lipinski definition) is 1. The minimum absolute atomic E-state index is 0.261. The fourth-order valence-electron chi connectivity index (χ4n) is 2.17. The Morgan fingerprint density at radius 1 is 1.35 bits per heavy atom. The average Bonchev–Trinajstić information content (AvgIpc) is 2.27. The summed E-state index contributed by atoms with van der Waals surface area (Å²) in [6.45, 7) is 3.01. The molecule has 1 aromatic rings. The van der Waals surface area contributed by atoms with Crippen molar-refractivity contribution in [2.45, 2.75) is 38.5 Å². The summed E-state index contributed by atoms with van der Waals surface area (Å²) in [5, 5.41) is 3.05. The van der Waals surface area contributed by atoms with E-state index < -0.39 is 0 Å². The molecule has 92 valence electrons. The van der Waals surface area contributed by atoms with E-state index in [-0.39, 0.29) is 5.91 Å². The fraction of sp³-hybridized carbons (Fsp3) is 0.533. The number of carbonyl (C=O) groups is 1. The molecule has 1 saturated carbocycles. The predicted octanol–water partition coefficient (Wildman–Crippen LogP) is 3.10. The van der Waals surface area contributed by atoms with E-state index in [2.05, 4.69) is 36.5 Å². The molecule has 1 aliphatic rings. The molecule has 0 radical (unpaired) electrons. The summed E-state index contributed by atoms with van der Waals surface area (Å²) in [5.41, 5.74) is 1.35. The molecule has 17 heavy (non-hydrogen) atoms. The first kappa shape index (κ1) is 12.2. The third kappa shape index (κ3) is 3.32. The number of rotatable bonds is 5. The van der Waals surface area contributed by atoms with Gasteiger partial charge in [-0.2, -0.15) is 0 Å². The van der Waals surface area contributed by atoms with Crippen molar-refractivity contribution in [1.82, 2.24) is 5.32 Å². The highest BCUT2D eigenvalue weighted by atomic mass is 16.1. The van der Waals surface area contributed by atoms with Gasteiger partial charge in [0.2, 0.25) is 5.91 Å². The van der Waals surface area contributed by atoms with Crippen LogP contribution in [-0.4, -0.2) is 12.5 Å². The van der Waals surface area contributed by atoms with Crippen LogP contribution in [-0.2, 0) is 4.79 Å². The average molecular weight is 231 g/mol. The van der Waals surface area contributed by atoms with Gasteiger partial charge in [-0.05, 0) is 30.7 Å². The highest BCUT2D eigenvalue weighted by Gasteiger charge is 2.24. The van der Waals surface area contributed by atoms with Crippen LogP contribution in [0.25, 0.3) is 0 Å². The van der Waals surface area contributed by atoms with Crippen molar-refractivity contribution < 1.29 is 4.79 Å². The molecule has 2 nitrogen and oxygen atoms in total. The SMILES string of the molecule is CC(CCNC(=O)C1CCC1)c1ccccc1. The largest absolute Gasteiger partial charge is 0.356 e. The number of amides is 1. The van der Waals surface area contributed by atoms with Crippen molar-refractivity contribution >= 4 is 5.91 Å². The lowest BCUT2D eigenvalue weighted by atomic mass is 9.85. The van der Waals surface area contributed by atoms with E-state index in [1.807, 2.05) is 6.07 Å². The van der Waals surface area contributed by atoms with Crippen molar-refractivity contribution in [3.05, 3.63) is 35.9 Å². The van der Waals surface area contributed by atoms with E-state index in [1.54, 1.807) is 0 Å². The second-order valence-electron chi connectivity index (χ2n) is 5.02. The summed E-state index contributed by atoms with van der Waals surface area (Å²) < 4.78 is 0. The molecule has 0 aromatic heterocycles. The number of benzene rings is 1. The Morgan fingerprint density at radius 3 is 2.65 bits per heavy atom. The van der Waals surface area contributed by atoms with Crippen LogP contribution in [0, 0.1) is 5.92 Å². The first-order chi connectivity index (χ1) is 8.27. The van der Waals surface area contributed by atoms with Gasteiger partial charge in [0, 0.05) is 12.5 Å². The smallest absolute Gasteiger partial charge is 0.223 e. The van der Waals surface area contributed by atoms with Crippen molar-refractivity contribution in [2.75, 3.05) is 6.54 Å². The van der Waals surface area contributed by atoms with Crippen LogP contribution in [0.2, 0.25) is 0 Å². The molecular weight excluding hydrogens is 210 g/mol. The van der Waals surface area contributed by atoms with Gasteiger partial charge in [0.1, 0.15) is 0 Å². The second-order valence-corrected chi connectivity index (χ2v) is 5.02. The van der Waals surface area contributed by atoms with Crippen molar-refractivity contribution in [3.63, 3.8) is 0 Å². The quantitative estimate of drug-likeness (QED) is 0.829. The van der Waals surface area contributed by atoms with Gasteiger partial charge in [-0.1, -0.05) is 43.7 Å². The fourth-order valence-corrected chi connectivity index (χ4v) is 2.17. The van der Waals surface area contributed by atoms with Crippen molar-refractivity contribution in [2.24, 2.45) is 5.92 Å². The molecule has 0 aliphatic heterocycles. The molecule has 1 aromatic carbocycles. The standard InChI is InChI=1S/C15H21NO/c1-12(13-6-3-2-4-7-13)10-11-16-15(17)14-8-5-9-14/h2-4,6-7,12,14H,5,8-11H2,1H3,(H,16,17). The van der Waals surface area contributed by atoms with Gasteiger partial charge in [0.25, 0.3) is 0 Å². The van der Waals surface area contributed by atoms with Crippen LogP contribution in [0.3, 0.4) is 0 Å². The van der Waals surface area contributed by atoms with E-state index in [4.69, 9.17) is 0 Å². The molecule has 2 heteroatoms. The van der Waals surface area contributed by atoms with E-state index >= 15 is 0 Å². The topological polar surface area (TPSA) is 29.1 Å². The maximum absolute atomic E-state index is 11.6. The Kier molecular flexibility index (Phi) is 4.18. The Morgan fingerprint density at radius 2 is 2.06 bits per heavy atom. The van der Waals surface area contributed by atoms with Crippen LogP contribution in [0.1, 0.15) is 44.1 Å². The summed E-state index contributed by atoms with van der Waals surface area (Å²) in [5.74, 6) is 1.08. The molecule has 0 saturated heterocycles. The maximum atomic E-state index is 11.6. The Labute approximate surface area is 103 Å². The van der Waals surface area contributed by atoms with E-state index in [0.717, 1.165) is 25.8 Å². The summed E-state index contributed by atoms with van der Waals surface area (Å²) in [6, 6.07) is 10.5. The summed E-state index contributed by atoms with van der Waals surface area (Å²) >= 11 is 0. The first-order valence-electron chi connectivity index (χ1n) is 6.60. The third-order valence-corrected chi connectivity index (χ3v) is 3.72. The van der Waals surface area contributed by atoms with Gasteiger partial charge in [-0.15, -0.1) is 0 Å². The minimum Gasteiger partial charge on any atom is -0.356 e. The minimum atomic E-state index is 0.261. The lowest BCUT2D eigenvalue weighted by molar-refractivity contribution is -0.127. The summed E-state index contributed by atoms with van der Waals surface area (Å²) in [4.78, 5) is 11.6. The molecule has 1 amide bonds. The highest BCUT2D eigenvalue weighted by Crippen LogP contribution is 2.26. The molecule has 1 fully saturated rings. The van der Waals surface area contributed by atoms with Gasteiger partial charge in [0.15, 0.2) is 0 Å². The van der Waals surface area contributed by atoms with Gasteiger partial charge < -0.3 is 5.32 Å². The number of carbonyl (C=O) groups excluding carboxylic acids is 1. The number of hydrogen-bond acceptors (Lipinski definition) is 1. The third-order valence-electron chi connectivity index (χ3n) is 3.72. The van der Waals surface area contributed by atoms with E-state index in [9.17, 15) is 4.79 Å². The van der Waals surface area contributed by atoms with Crippen LogP contribution >= 0.6 is 0 Å². The van der Waals surface area contributed by atoms with Crippen LogP contribution in [0.15, 0.2) is 30.3 Å². The molecular formula is C15H21NO. The van der Waals surface area contributed by atoms with Gasteiger partial charge >= 0.3 is 0 Å². The van der Waals surface area contributed by atoms with Crippen molar-refractivity contribution in [1.29, 1.82) is 0 Å². The monoisotopic (exact) mass is 231 g/mol. The zero-order valence-corrected chi connectivity index (χ0v) is 10.5. The first-order valence-corrected chi connectivity index (χ1v) is 6.60. The Bertz CT molecular complexity index is 356. The zero-order chi connectivity index (χ0) is 12.1. The summed E-state index contributed by atoms with van der Waals surface area (Å²) in [7, 11) is 0. The van der Waals surface area contributed by atoms with Crippen LogP contribution in [0.5, 0.6) is 0 Å².